The standard InChI is InChI=1S/C21H24Cl2FN3O/c1-3-10-27-13(2)11-17(16-8-5-9-18(23)19(16)24)21(27,25)20(28)26-15-7-4-6-14(22)12-15/h4-9,12-13,17H,3,10-11,25H2,1-2H3,(H,26,28)/t13-,17?,21+/m0/s1. The highest BCUT2D eigenvalue weighted by atomic mass is 35.5. The van der Waals surface area contributed by atoms with Gasteiger partial charge in [-0.15, -0.1) is 0 Å². The average molecular weight is 424 g/mol. The second-order valence-corrected chi connectivity index (χ2v) is 8.11. The second kappa shape index (κ2) is 8.37. The van der Waals surface area contributed by atoms with E-state index in [-0.39, 0.29) is 11.1 Å². The van der Waals surface area contributed by atoms with Crippen molar-refractivity contribution < 1.29 is 9.18 Å². The normalized spacial score (nSPS) is 25.1. The maximum absolute atomic E-state index is 14.8. The van der Waals surface area contributed by atoms with Crippen LogP contribution in [0, 0.1) is 5.82 Å². The summed E-state index contributed by atoms with van der Waals surface area (Å²) in [5, 5.41) is 3.39. The number of rotatable bonds is 5. The number of benzene rings is 2. The highest BCUT2D eigenvalue weighted by molar-refractivity contribution is 6.31. The number of amides is 1. The van der Waals surface area contributed by atoms with E-state index in [9.17, 15) is 9.18 Å². The molecule has 0 radical (unpaired) electrons. The summed E-state index contributed by atoms with van der Waals surface area (Å²) in [5.74, 6) is -1.45. The maximum Gasteiger partial charge on any atom is 0.260 e. The van der Waals surface area contributed by atoms with Gasteiger partial charge >= 0.3 is 0 Å². The molecule has 0 spiro atoms. The van der Waals surface area contributed by atoms with Crippen molar-refractivity contribution in [2.24, 2.45) is 5.73 Å². The summed E-state index contributed by atoms with van der Waals surface area (Å²) < 4.78 is 14.8. The zero-order valence-corrected chi connectivity index (χ0v) is 17.4. The minimum absolute atomic E-state index is 0.0124. The number of anilines is 1. The summed E-state index contributed by atoms with van der Waals surface area (Å²) in [6, 6.07) is 11.7. The molecule has 3 rings (SSSR count). The van der Waals surface area contributed by atoms with Crippen molar-refractivity contribution in [3.8, 4) is 0 Å². The van der Waals surface area contributed by atoms with Gasteiger partial charge in [0.25, 0.3) is 5.91 Å². The molecule has 28 heavy (non-hydrogen) atoms. The van der Waals surface area contributed by atoms with Crippen LogP contribution in [0.1, 0.15) is 38.2 Å². The monoisotopic (exact) mass is 423 g/mol. The van der Waals surface area contributed by atoms with E-state index < -0.39 is 23.3 Å². The van der Waals surface area contributed by atoms with E-state index in [1.165, 1.54) is 6.07 Å². The third-order valence-corrected chi connectivity index (χ3v) is 5.91. The first-order valence-corrected chi connectivity index (χ1v) is 10.1. The summed E-state index contributed by atoms with van der Waals surface area (Å²) in [6.07, 6.45) is 1.37. The lowest BCUT2D eigenvalue weighted by molar-refractivity contribution is -0.127. The summed E-state index contributed by atoms with van der Waals surface area (Å²) in [7, 11) is 0. The Morgan fingerprint density at radius 2 is 2.04 bits per heavy atom. The highest BCUT2D eigenvalue weighted by Gasteiger charge is 2.55. The van der Waals surface area contributed by atoms with Gasteiger partial charge in [-0.25, -0.2) is 4.39 Å². The van der Waals surface area contributed by atoms with Crippen LogP contribution in [0.4, 0.5) is 10.1 Å². The number of hydrogen-bond acceptors (Lipinski definition) is 3. The Bertz CT molecular complexity index is 878. The summed E-state index contributed by atoms with van der Waals surface area (Å²) >= 11 is 12.0. The van der Waals surface area contributed by atoms with Crippen molar-refractivity contribution in [2.75, 3.05) is 11.9 Å². The molecule has 0 aliphatic carbocycles. The molecule has 1 fully saturated rings. The summed E-state index contributed by atoms with van der Waals surface area (Å²) in [6.45, 7) is 4.65. The molecule has 1 aliphatic rings. The van der Waals surface area contributed by atoms with E-state index in [0.717, 1.165) is 6.42 Å². The van der Waals surface area contributed by atoms with Gasteiger partial charge in [0.1, 0.15) is 5.82 Å². The largest absolute Gasteiger partial charge is 0.323 e. The number of nitrogens with two attached hydrogens (primary N) is 1. The molecule has 3 atom stereocenters. The Balaban J connectivity index is 2.03. The van der Waals surface area contributed by atoms with Crippen LogP contribution in [0.5, 0.6) is 0 Å². The number of likely N-dealkylation sites (tertiary alicyclic amines) is 1. The predicted octanol–water partition coefficient (Wildman–Crippen LogP) is 5.01. The zero-order valence-electron chi connectivity index (χ0n) is 15.9. The molecule has 2 aromatic carbocycles. The zero-order chi connectivity index (χ0) is 20.5. The van der Waals surface area contributed by atoms with E-state index in [1.807, 2.05) is 18.7 Å². The van der Waals surface area contributed by atoms with Crippen LogP contribution in [-0.4, -0.2) is 29.1 Å². The lowest BCUT2D eigenvalue weighted by atomic mass is 9.85. The summed E-state index contributed by atoms with van der Waals surface area (Å²) in [4.78, 5) is 15.3. The van der Waals surface area contributed by atoms with Crippen molar-refractivity contribution in [1.82, 2.24) is 4.90 Å². The number of nitrogens with zero attached hydrogens (tertiary/aromatic N) is 1. The molecular formula is C21H24Cl2FN3O. The molecule has 1 amide bonds. The van der Waals surface area contributed by atoms with Crippen LogP contribution < -0.4 is 11.1 Å². The molecule has 1 heterocycles. The molecule has 150 valence electrons. The van der Waals surface area contributed by atoms with Gasteiger partial charge in [-0.3, -0.25) is 9.69 Å². The van der Waals surface area contributed by atoms with Crippen molar-refractivity contribution in [2.45, 2.75) is 44.3 Å². The number of halogens is 3. The minimum Gasteiger partial charge on any atom is -0.323 e. The molecule has 7 heteroatoms. The Hall–Kier alpha value is -1.66. The molecule has 2 aromatic rings. The SMILES string of the molecule is CCCN1[C@@H](C)CC(c2cccc(Cl)c2F)[C@]1(N)C(=O)Nc1cccc(Cl)c1. The van der Waals surface area contributed by atoms with E-state index in [2.05, 4.69) is 5.32 Å². The van der Waals surface area contributed by atoms with E-state index in [1.54, 1.807) is 36.4 Å². The van der Waals surface area contributed by atoms with Crippen LogP contribution in [0.2, 0.25) is 10.0 Å². The molecule has 1 aliphatic heterocycles. The Kier molecular flexibility index (Phi) is 6.30. The fourth-order valence-electron chi connectivity index (χ4n) is 4.10. The third-order valence-electron chi connectivity index (χ3n) is 5.38. The van der Waals surface area contributed by atoms with Gasteiger partial charge in [0.05, 0.1) is 5.02 Å². The average Bonchev–Trinajstić information content (AvgIpc) is 2.90. The van der Waals surface area contributed by atoms with Crippen LogP contribution in [0.25, 0.3) is 0 Å². The first-order valence-electron chi connectivity index (χ1n) is 9.35. The van der Waals surface area contributed by atoms with Crippen LogP contribution in [0.3, 0.4) is 0 Å². The van der Waals surface area contributed by atoms with Crippen molar-refractivity contribution in [1.29, 1.82) is 0 Å². The van der Waals surface area contributed by atoms with Crippen LogP contribution >= 0.6 is 23.2 Å². The molecule has 0 aromatic heterocycles. The fraction of sp³-hybridized carbons (Fsp3) is 0.381. The smallest absolute Gasteiger partial charge is 0.260 e. The first kappa shape index (κ1) is 21.1. The van der Waals surface area contributed by atoms with Gasteiger partial charge in [-0.1, -0.05) is 48.3 Å². The number of carbonyl (C=O) groups is 1. The van der Waals surface area contributed by atoms with Crippen molar-refractivity contribution in [3.05, 3.63) is 63.9 Å². The van der Waals surface area contributed by atoms with E-state index in [0.29, 0.717) is 29.2 Å². The molecule has 1 unspecified atom stereocenters. The topological polar surface area (TPSA) is 58.4 Å². The molecule has 0 bridgehead atoms. The Labute approximate surface area is 174 Å². The molecule has 4 nitrogen and oxygen atoms in total. The Morgan fingerprint density at radius 3 is 2.71 bits per heavy atom. The van der Waals surface area contributed by atoms with Crippen molar-refractivity contribution >= 4 is 34.8 Å². The minimum atomic E-state index is -1.41. The van der Waals surface area contributed by atoms with Gasteiger partial charge in [0.15, 0.2) is 5.66 Å². The number of nitrogens with one attached hydrogen (secondary N) is 1. The molecule has 0 saturated carbocycles. The third kappa shape index (κ3) is 3.77. The molecule has 1 saturated heterocycles. The van der Waals surface area contributed by atoms with E-state index >= 15 is 0 Å². The maximum atomic E-state index is 14.8. The lowest BCUT2D eigenvalue weighted by Gasteiger charge is -2.39. The molecular weight excluding hydrogens is 400 g/mol. The van der Waals surface area contributed by atoms with Gasteiger partial charge in [-0.05, 0) is 49.6 Å². The quantitative estimate of drug-likeness (QED) is 0.709. The number of hydrogen-bond donors (Lipinski definition) is 2. The van der Waals surface area contributed by atoms with Crippen molar-refractivity contribution in [3.63, 3.8) is 0 Å². The fourth-order valence-corrected chi connectivity index (χ4v) is 4.47. The van der Waals surface area contributed by atoms with Crippen LogP contribution in [0.15, 0.2) is 42.5 Å². The van der Waals surface area contributed by atoms with Crippen LogP contribution in [-0.2, 0) is 4.79 Å². The Morgan fingerprint density at radius 1 is 1.32 bits per heavy atom. The van der Waals surface area contributed by atoms with E-state index in [4.69, 9.17) is 28.9 Å². The first-order chi connectivity index (χ1) is 13.3. The predicted molar refractivity (Wildman–Crippen MR) is 112 cm³/mol. The van der Waals surface area contributed by atoms with Gasteiger partial charge in [-0.2, -0.15) is 0 Å². The van der Waals surface area contributed by atoms with Gasteiger partial charge in [0.2, 0.25) is 0 Å². The number of carbonyl (C=O) groups excluding carboxylic acids is 1. The lowest BCUT2D eigenvalue weighted by Crippen LogP contribution is -2.64. The van der Waals surface area contributed by atoms with Gasteiger partial charge in [0, 0.05) is 29.2 Å². The highest BCUT2D eigenvalue weighted by Crippen LogP contribution is 2.44. The second-order valence-electron chi connectivity index (χ2n) is 7.26. The van der Waals surface area contributed by atoms with Gasteiger partial charge < -0.3 is 11.1 Å². The molecule has 3 N–H and O–H groups in total. The summed E-state index contributed by atoms with van der Waals surface area (Å²) in [5.41, 5.74) is 6.27.